The summed E-state index contributed by atoms with van der Waals surface area (Å²) in [5.74, 6) is -2.97. The summed E-state index contributed by atoms with van der Waals surface area (Å²) < 4.78 is 0. The molecule has 3 aliphatic rings. The number of rotatable bonds is 18. The molecule has 10 nitrogen and oxygen atoms in total. The van der Waals surface area contributed by atoms with Crippen LogP contribution in [0, 0.1) is 35.5 Å². The number of hydrogen-bond acceptors (Lipinski definition) is 7. The van der Waals surface area contributed by atoms with Crippen LogP contribution in [-0.4, -0.2) is 77.4 Å². The van der Waals surface area contributed by atoms with Crippen LogP contribution in [0.15, 0.2) is 72.8 Å². The Balaban J connectivity index is 1.22. The van der Waals surface area contributed by atoms with E-state index >= 15 is 0 Å². The average Bonchev–Trinajstić information content (AvgIpc) is 3.19. The summed E-state index contributed by atoms with van der Waals surface area (Å²) >= 11 is 0. The van der Waals surface area contributed by atoms with Crippen molar-refractivity contribution in [3.8, 4) is 0 Å². The van der Waals surface area contributed by atoms with Crippen LogP contribution in [0.3, 0.4) is 0 Å². The molecule has 3 aliphatic heterocycles. The molecule has 3 aromatic rings. The Kier molecular flexibility index (Phi) is 14.9. The quantitative estimate of drug-likeness (QED) is 0.0967. The van der Waals surface area contributed by atoms with Crippen molar-refractivity contribution < 1.29 is 29.7 Å². The minimum atomic E-state index is -0.728. The molecule has 0 amide bonds. The molecular formula is C45H60N4O6. The Labute approximate surface area is 326 Å². The molecule has 296 valence electrons. The van der Waals surface area contributed by atoms with Crippen LogP contribution < -0.4 is 16.0 Å². The molecule has 0 bridgehead atoms. The lowest BCUT2D eigenvalue weighted by atomic mass is 9.81. The van der Waals surface area contributed by atoms with Crippen LogP contribution in [0.5, 0.6) is 0 Å². The Hall–Kier alpha value is -4.09. The van der Waals surface area contributed by atoms with Crippen molar-refractivity contribution in [1.29, 1.82) is 0 Å². The number of nitrogens with zero attached hydrogens (tertiary/aromatic N) is 1. The zero-order valence-corrected chi connectivity index (χ0v) is 32.1. The fraction of sp³-hybridized carbons (Fsp3) is 0.533. The van der Waals surface area contributed by atoms with E-state index in [4.69, 9.17) is 0 Å². The van der Waals surface area contributed by atoms with Crippen molar-refractivity contribution in [2.75, 3.05) is 39.3 Å². The Morgan fingerprint density at radius 1 is 0.473 bits per heavy atom. The van der Waals surface area contributed by atoms with Crippen LogP contribution in [0.2, 0.25) is 0 Å². The maximum atomic E-state index is 12.4. The third kappa shape index (κ3) is 12.0. The predicted molar refractivity (Wildman–Crippen MR) is 214 cm³/mol. The first-order valence-corrected chi connectivity index (χ1v) is 20.5. The van der Waals surface area contributed by atoms with Gasteiger partial charge in [0.1, 0.15) is 0 Å². The number of hydrogen-bond donors (Lipinski definition) is 6. The highest BCUT2D eigenvalue weighted by Crippen LogP contribution is 2.30. The normalized spacial score (nSPS) is 19.1. The summed E-state index contributed by atoms with van der Waals surface area (Å²) in [5.41, 5.74) is 6.40. The van der Waals surface area contributed by atoms with Crippen molar-refractivity contribution in [3.05, 3.63) is 106 Å². The number of aliphatic carboxylic acids is 3. The third-order valence-electron chi connectivity index (χ3n) is 12.4. The standard InChI is InChI=1S/C45H60N4O6/c50-43(51)40(37-10-16-46-17-11-37)25-31-4-1-7-34(22-31)28-49(29-35-8-2-5-32(23-35)26-41(44(52)53)38-12-18-47-19-13-38)30-36-9-3-6-33(24-36)27-42(45(54)55)39-14-20-48-21-15-39/h1-9,22-24,37-42,46-48H,10-21,25-30H2,(H,50,51)(H,52,53)(H,54,55)/t40-,41-,42-/m0/s1. The monoisotopic (exact) mass is 752 g/mol. The molecule has 0 radical (unpaired) electrons. The van der Waals surface area contributed by atoms with Gasteiger partial charge in [-0.3, -0.25) is 19.3 Å². The average molecular weight is 753 g/mol. The van der Waals surface area contributed by atoms with Crippen LogP contribution in [0.1, 0.15) is 71.9 Å². The van der Waals surface area contributed by atoms with E-state index in [0.717, 1.165) is 111 Å². The summed E-state index contributed by atoms with van der Waals surface area (Å²) in [6, 6.07) is 25.0. The Morgan fingerprint density at radius 2 is 0.727 bits per heavy atom. The predicted octanol–water partition coefficient (Wildman–Crippen LogP) is 5.62. The number of nitrogens with one attached hydrogen (secondary N) is 3. The minimum absolute atomic E-state index is 0.157. The van der Waals surface area contributed by atoms with E-state index in [9.17, 15) is 29.7 Å². The maximum absolute atomic E-state index is 12.4. The fourth-order valence-electron chi connectivity index (χ4n) is 9.38. The van der Waals surface area contributed by atoms with Gasteiger partial charge in [-0.25, -0.2) is 0 Å². The molecule has 0 unspecified atom stereocenters. The van der Waals surface area contributed by atoms with Gasteiger partial charge in [-0.05, 0) is 148 Å². The molecule has 3 fully saturated rings. The van der Waals surface area contributed by atoms with Gasteiger partial charge in [-0.15, -0.1) is 0 Å². The van der Waals surface area contributed by atoms with E-state index in [1.165, 1.54) is 0 Å². The zero-order chi connectivity index (χ0) is 38.6. The zero-order valence-electron chi connectivity index (χ0n) is 32.1. The molecular weight excluding hydrogens is 693 g/mol. The van der Waals surface area contributed by atoms with Crippen LogP contribution in [-0.2, 0) is 53.3 Å². The van der Waals surface area contributed by atoms with Crippen molar-refractivity contribution in [2.24, 2.45) is 35.5 Å². The van der Waals surface area contributed by atoms with Crippen molar-refractivity contribution in [1.82, 2.24) is 20.9 Å². The first kappa shape index (κ1) is 40.6. The first-order chi connectivity index (χ1) is 26.7. The third-order valence-corrected chi connectivity index (χ3v) is 12.4. The second-order valence-electron chi connectivity index (χ2n) is 16.3. The van der Waals surface area contributed by atoms with Gasteiger partial charge in [-0.1, -0.05) is 72.8 Å². The molecule has 0 aliphatic carbocycles. The van der Waals surface area contributed by atoms with Crippen molar-refractivity contribution in [2.45, 2.75) is 77.4 Å². The summed E-state index contributed by atoms with van der Waals surface area (Å²) in [6.07, 6.45) is 6.75. The molecule has 55 heavy (non-hydrogen) atoms. The lowest BCUT2D eigenvalue weighted by Gasteiger charge is -2.29. The van der Waals surface area contributed by atoms with Crippen LogP contribution >= 0.6 is 0 Å². The number of benzene rings is 3. The lowest BCUT2D eigenvalue weighted by molar-refractivity contribution is -0.145. The number of carboxylic acids is 3. The largest absolute Gasteiger partial charge is 0.481 e. The van der Waals surface area contributed by atoms with E-state index < -0.39 is 35.7 Å². The van der Waals surface area contributed by atoms with Gasteiger partial charge in [0.05, 0.1) is 17.8 Å². The van der Waals surface area contributed by atoms with Crippen molar-refractivity contribution in [3.63, 3.8) is 0 Å². The topological polar surface area (TPSA) is 151 Å². The van der Waals surface area contributed by atoms with E-state index in [0.29, 0.717) is 38.9 Å². The van der Waals surface area contributed by atoms with E-state index in [1.54, 1.807) is 0 Å². The molecule has 6 N–H and O–H groups in total. The Morgan fingerprint density at radius 3 is 0.982 bits per heavy atom. The molecule has 3 aromatic carbocycles. The van der Waals surface area contributed by atoms with E-state index in [2.05, 4.69) is 57.2 Å². The molecule has 6 rings (SSSR count). The summed E-state index contributed by atoms with van der Waals surface area (Å²) in [5, 5.41) is 40.6. The fourth-order valence-corrected chi connectivity index (χ4v) is 9.38. The van der Waals surface area contributed by atoms with Gasteiger partial charge >= 0.3 is 17.9 Å². The number of carbonyl (C=O) groups is 3. The minimum Gasteiger partial charge on any atom is -0.481 e. The summed E-state index contributed by atoms with van der Waals surface area (Å²) in [7, 11) is 0. The second-order valence-corrected chi connectivity index (χ2v) is 16.3. The molecule has 0 aromatic heterocycles. The van der Waals surface area contributed by atoms with Gasteiger partial charge in [0.2, 0.25) is 0 Å². The van der Waals surface area contributed by atoms with E-state index in [-0.39, 0.29) is 17.8 Å². The molecule has 0 saturated carbocycles. The smallest absolute Gasteiger partial charge is 0.307 e. The second kappa shape index (κ2) is 20.2. The molecule has 3 atom stereocenters. The van der Waals surface area contributed by atoms with Gasteiger partial charge in [-0.2, -0.15) is 0 Å². The molecule has 3 heterocycles. The van der Waals surface area contributed by atoms with Crippen molar-refractivity contribution >= 4 is 17.9 Å². The lowest BCUT2D eigenvalue weighted by Crippen LogP contribution is -2.35. The SMILES string of the molecule is O=C(O)[C@@H](Cc1cccc(CN(Cc2cccc(C[C@H](C(=O)O)C3CCNCC3)c2)Cc2cccc(C[C@H](C(=O)O)C3CCNCC3)c2)c1)C1CCNCC1. The number of carboxylic acid groups (broad SMARTS) is 3. The van der Waals surface area contributed by atoms with E-state index in [1.807, 2.05) is 36.4 Å². The highest BCUT2D eigenvalue weighted by Gasteiger charge is 2.32. The molecule has 0 spiro atoms. The molecule has 3 saturated heterocycles. The Bertz CT molecular complexity index is 1520. The van der Waals surface area contributed by atoms with Gasteiger partial charge < -0.3 is 31.3 Å². The summed E-state index contributed by atoms with van der Waals surface area (Å²) in [4.78, 5) is 39.6. The molecule has 10 heteroatoms. The van der Waals surface area contributed by atoms with Gasteiger partial charge in [0, 0.05) is 19.6 Å². The van der Waals surface area contributed by atoms with Gasteiger partial charge in [0.25, 0.3) is 0 Å². The highest BCUT2D eigenvalue weighted by molar-refractivity contribution is 5.72. The highest BCUT2D eigenvalue weighted by atomic mass is 16.4. The van der Waals surface area contributed by atoms with Crippen LogP contribution in [0.25, 0.3) is 0 Å². The summed E-state index contributed by atoms with van der Waals surface area (Å²) in [6.45, 7) is 7.04. The number of piperidine rings is 3. The van der Waals surface area contributed by atoms with Crippen LogP contribution in [0.4, 0.5) is 0 Å². The first-order valence-electron chi connectivity index (χ1n) is 20.5. The maximum Gasteiger partial charge on any atom is 0.307 e. The van der Waals surface area contributed by atoms with Gasteiger partial charge in [0.15, 0.2) is 0 Å².